The Morgan fingerprint density at radius 2 is 2.00 bits per heavy atom. The van der Waals surface area contributed by atoms with Crippen molar-refractivity contribution in [3.8, 4) is 0 Å². The molecule has 0 heterocycles. The Kier molecular flexibility index (Phi) is 6.86. The lowest BCUT2D eigenvalue weighted by molar-refractivity contribution is 0.125. The fourth-order valence-corrected chi connectivity index (χ4v) is 1.79. The molecule has 0 amide bonds. The number of rotatable bonds is 8. The first kappa shape index (κ1) is 14.2. The van der Waals surface area contributed by atoms with Crippen LogP contribution in [0.4, 0.5) is 0 Å². The summed E-state index contributed by atoms with van der Waals surface area (Å²) in [5.41, 5.74) is 1.35. The summed E-state index contributed by atoms with van der Waals surface area (Å²) in [6.07, 6.45) is 0.751. The lowest BCUT2D eigenvalue weighted by atomic mass is 10.1. The van der Waals surface area contributed by atoms with Crippen molar-refractivity contribution in [2.45, 2.75) is 19.4 Å². The minimum atomic E-state index is -0.282. The van der Waals surface area contributed by atoms with E-state index in [9.17, 15) is 5.11 Å². The molecule has 17 heavy (non-hydrogen) atoms. The maximum absolute atomic E-state index is 9.74. The van der Waals surface area contributed by atoms with E-state index in [4.69, 9.17) is 0 Å². The molecule has 0 spiro atoms. The second-order valence-electron chi connectivity index (χ2n) is 4.46. The topological polar surface area (TPSA) is 35.5 Å². The molecule has 1 atom stereocenters. The summed E-state index contributed by atoms with van der Waals surface area (Å²) in [6, 6.07) is 10.4. The maximum Gasteiger partial charge on any atom is 0.0791 e. The SMILES string of the molecule is CCNCC(O)CN(C)CCc1ccccc1. The Labute approximate surface area is 104 Å². The summed E-state index contributed by atoms with van der Waals surface area (Å²) in [5.74, 6) is 0. The van der Waals surface area contributed by atoms with Crippen LogP contribution in [0, 0.1) is 0 Å². The number of aliphatic hydroxyl groups excluding tert-OH is 1. The van der Waals surface area contributed by atoms with Crippen LogP contribution in [0.2, 0.25) is 0 Å². The van der Waals surface area contributed by atoms with Crippen molar-refractivity contribution in [2.75, 3.05) is 33.2 Å². The summed E-state index contributed by atoms with van der Waals surface area (Å²) in [6.45, 7) is 5.33. The van der Waals surface area contributed by atoms with Gasteiger partial charge in [-0.05, 0) is 25.6 Å². The molecule has 1 rings (SSSR count). The first-order valence-electron chi connectivity index (χ1n) is 6.33. The van der Waals surface area contributed by atoms with Crippen LogP contribution in [0.15, 0.2) is 30.3 Å². The number of likely N-dealkylation sites (N-methyl/N-ethyl adjacent to an activating group) is 2. The van der Waals surface area contributed by atoms with E-state index in [1.54, 1.807) is 0 Å². The minimum absolute atomic E-state index is 0.282. The van der Waals surface area contributed by atoms with E-state index in [1.165, 1.54) is 5.56 Å². The van der Waals surface area contributed by atoms with Crippen molar-refractivity contribution in [1.29, 1.82) is 0 Å². The van der Waals surface area contributed by atoms with E-state index >= 15 is 0 Å². The number of benzene rings is 1. The molecule has 0 aliphatic rings. The average Bonchev–Trinajstić information content (AvgIpc) is 2.35. The third-order valence-corrected chi connectivity index (χ3v) is 2.78. The molecule has 0 radical (unpaired) electrons. The van der Waals surface area contributed by atoms with Gasteiger partial charge in [0.2, 0.25) is 0 Å². The van der Waals surface area contributed by atoms with Gasteiger partial charge in [-0.15, -0.1) is 0 Å². The summed E-state index contributed by atoms with van der Waals surface area (Å²) in [7, 11) is 2.05. The van der Waals surface area contributed by atoms with E-state index in [0.717, 1.165) is 26.1 Å². The van der Waals surface area contributed by atoms with E-state index < -0.39 is 0 Å². The number of aliphatic hydroxyl groups is 1. The van der Waals surface area contributed by atoms with E-state index in [0.29, 0.717) is 6.54 Å². The second-order valence-corrected chi connectivity index (χ2v) is 4.46. The molecule has 2 N–H and O–H groups in total. The Bertz CT molecular complexity index is 290. The Morgan fingerprint density at radius 3 is 2.65 bits per heavy atom. The number of hydrogen-bond donors (Lipinski definition) is 2. The molecule has 96 valence electrons. The monoisotopic (exact) mass is 236 g/mol. The zero-order valence-corrected chi connectivity index (χ0v) is 10.9. The molecule has 3 nitrogen and oxygen atoms in total. The van der Waals surface area contributed by atoms with Crippen LogP contribution in [0.25, 0.3) is 0 Å². The van der Waals surface area contributed by atoms with Crippen LogP contribution in [0.5, 0.6) is 0 Å². The smallest absolute Gasteiger partial charge is 0.0791 e. The fraction of sp³-hybridized carbons (Fsp3) is 0.571. The molecule has 1 aromatic rings. The predicted molar refractivity (Wildman–Crippen MR) is 72.2 cm³/mol. The molecular weight excluding hydrogens is 212 g/mol. The molecule has 1 aromatic carbocycles. The van der Waals surface area contributed by atoms with Crippen LogP contribution in [0.3, 0.4) is 0 Å². The third kappa shape index (κ3) is 6.41. The zero-order chi connectivity index (χ0) is 12.5. The second kappa shape index (κ2) is 8.23. The molecule has 1 unspecified atom stereocenters. The first-order valence-corrected chi connectivity index (χ1v) is 6.33. The van der Waals surface area contributed by atoms with Crippen LogP contribution in [-0.2, 0) is 6.42 Å². The Hall–Kier alpha value is -0.900. The van der Waals surface area contributed by atoms with Gasteiger partial charge < -0.3 is 15.3 Å². The molecule has 0 aromatic heterocycles. The Balaban J connectivity index is 2.19. The quantitative estimate of drug-likeness (QED) is 0.710. The van der Waals surface area contributed by atoms with Crippen molar-refractivity contribution in [2.24, 2.45) is 0 Å². The van der Waals surface area contributed by atoms with Gasteiger partial charge in [0, 0.05) is 19.6 Å². The van der Waals surface area contributed by atoms with E-state index in [2.05, 4.69) is 41.5 Å². The highest BCUT2D eigenvalue weighted by atomic mass is 16.3. The molecule has 0 fully saturated rings. The summed E-state index contributed by atoms with van der Waals surface area (Å²) in [5, 5.41) is 12.9. The fourth-order valence-electron chi connectivity index (χ4n) is 1.79. The zero-order valence-electron chi connectivity index (χ0n) is 10.9. The molecule has 3 heteroatoms. The first-order chi connectivity index (χ1) is 8.22. The summed E-state index contributed by atoms with van der Waals surface area (Å²) in [4.78, 5) is 2.18. The lowest BCUT2D eigenvalue weighted by Crippen LogP contribution is -2.37. The number of nitrogens with one attached hydrogen (secondary N) is 1. The normalized spacial score (nSPS) is 12.9. The van der Waals surface area contributed by atoms with Crippen molar-refractivity contribution < 1.29 is 5.11 Å². The molecular formula is C14H24N2O. The van der Waals surface area contributed by atoms with Gasteiger partial charge in [0.15, 0.2) is 0 Å². The van der Waals surface area contributed by atoms with Crippen LogP contribution < -0.4 is 5.32 Å². The highest BCUT2D eigenvalue weighted by Crippen LogP contribution is 2.00. The largest absolute Gasteiger partial charge is 0.390 e. The van der Waals surface area contributed by atoms with Gasteiger partial charge in [-0.2, -0.15) is 0 Å². The van der Waals surface area contributed by atoms with E-state index in [-0.39, 0.29) is 6.10 Å². The molecule has 0 aliphatic heterocycles. The van der Waals surface area contributed by atoms with Gasteiger partial charge in [0.1, 0.15) is 0 Å². The molecule has 0 bridgehead atoms. The van der Waals surface area contributed by atoms with Crippen molar-refractivity contribution in [3.05, 3.63) is 35.9 Å². The standard InChI is InChI=1S/C14H24N2O/c1-3-15-11-14(17)12-16(2)10-9-13-7-5-4-6-8-13/h4-8,14-15,17H,3,9-12H2,1-2H3. The lowest BCUT2D eigenvalue weighted by Gasteiger charge is -2.20. The third-order valence-electron chi connectivity index (χ3n) is 2.78. The van der Waals surface area contributed by atoms with Crippen molar-refractivity contribution >= 4 is 0 Å². The van der Waals surface area contributed by atoms with Gasteiger partial charge in [0.25, 0.3) is 0 Å². The predicted octanol–water partition coefficient (Wildman–Crippen LogP) is 1.13. The number of nitrogens with zero attached hydrogens (tertiary/aromatic N) is 1. The van der Waals surface area contributed by atoms with Gasteiger partial charge in [0.05, 0.1) is 6.10 Å². The van der Waals surface area contributed by atoms with Gasteiger partial charge >= 0.3 is 0 Å². The van der Waals surface area contributed by atoms with Crippen LogP contribution >= 0.6 is 0 Å². The maximum atomic E-state index is 9.74. The van der Waals surface area contributed by atoms with Crippen LogP contribution in [0.1, 0.15) is 12.5 Å². The number of hydrogen-bond acceptors (Lipinski definition) is 3. The van der Waals surface area contributed by atoms with Gasteiger partial charge in [-0.1, -0.05) is 37.3 Å². The molecule has 0 saturated heterocycles. The van der Waals surface area contributed by atoms with E-state index in [1.807, 2.05) is 13.0 Å². The highest BCUT2D eigenvalue weighted by Gasteiger charge is 2.07. The summed E-state index contributed by atoms with van der Waals surface area (Å²) < 4.78 is 0. The van der Waals surface area contributed by atoms with Crippen LogP contribution in [-0.4, -0.2) is 49.3 Å². The van der Waals surface area contributed by atoms with Crippen molar-refractivity contribution in [3.63, 3.8) is 0 Å². The molecule has 0 saturated carbocycles. The van der Waals surface area contributed by atoms with Gasteiger partial charge in [-0.25, -0.2) is 0 Å². The molecule has 0 aliphatic carbocycles. The average molecular weight is 236 g/mol. The van der Waals surface area contributed by atoms with Gasteiger partial charge in [-0.3, -0.25) is 0 Å². The minimum Gasteiger partial charge on any atom is -0.390 e. The Morgan fingerprint density at radius 1 is 1.29 bits per heavy atom. The highest BCUT2D eigenvalue weighted by molar-refractivity contribution is 5.14. The summed E-state index contributed by atoms with van der Waals surface area (Å²) >= 11 is 0. The van der Waals surface area contributed by atoms with Crippen molar-refractivity contribution in [1.82, 2.24) is 10.2 Å².